The fourth-order valence-electron chi connectivity index (χ4n) is 2.08. The van der Waals surface area contributed by atoms with Crippen molar-refractivity contribution < 1.29 is 5.11 Å². The smallest absolute Gasteiger partial charge is 0.0471 e. The highest BCUT2D eigenvalue weighted by Gasteiger charge is 2.19. The summed E-state index contributed by atoms with van der Waals surface area (Å²) in [5.74, 6) is 0.833. The molecule has 13 heavy (non-hydrogen) atoms. The molecular formula is C11H16OS. The minimum atomic E-state index is 0.289. The second-order valence-electron chi connectivity index (χ2n) is 3.98. The van der Waals surface area contributed by atoms with Crippen LogP contribution < -0.4 is 0 Å². The van der Waals surface area contributed by atoms with Gasteiger partial charge in [-0.25, -0.2) is 0 Å². The monoisotopic (exact) mass is 196 g/mol. The number of hydrogen-bond acceptors (Lipinski definition) is 2. The van der Waals surface area contributed by atoms with E-state index in [0.717, 1.165) is 12.3 Å². The van der Waals surface area contributed by atoms with Crippen LogP contribution in [0, 0.1) is 5.92 Å². The van der Waals surface area contributed by atoms with E-state index in [4.69, 9.17) is 5.11 Å². The summed E-state index contributed by atoms with van der Waals surface area (Å²) in [7, 11) is 0. The minimum Gasteiger partial charge on any atom is -0.396 e. The molecule has 0 spiro atoms. The van der Waals surface area contributed by atoms with Crippen LogP contribution in [0.5, 0.6) is 0 Å². The van der Waals surface area contributed by atoms with Gasteiger partial charge < -0.3 is 5.11 Å². The number of hydrogen-bond donors (Lipinski definition) is 1. The van der Waals surface area contributed by atoms with E-state index in [0.29, 0.717) is 0 Å². The largest absolute Gasteiger partial charge is 0.396 e. The lowest BCUT2D eigenvalue weighted by Gasteiger charge is -2.19. The summed E-state index contributed by atoms with van der Waals surface area (Å²) in [6.45, 7) is 2.61. The molecular weight excluding hydrogens is 180 g/mol. The average Bonchev–Trinajstić information content (AvgIpc) is 2.49. The molecule has 0 fully saturated rings. The second kappa shape index (κ2) is 3.81. The lowest BCUT2D eigenvalue weighted by atomic mass is 9.87. The Balaban J connectivity index is 2.25. The highest BCUT2D eigenvalue weighted by molar-refractivity contribution is 7.10. The van der Waals surface area contributed by atoms with Gasteiger partial charge in [0.1, 0.15) is 0 Å². The van der Waals surface area contributed by atoms with E-state index < -0.39 is 0 Å². The van der Waals surface area contributed by atoms with E-state index in [9.17, 15) is 0 Å². The number of aliphatic hydroxyl groups is 1. The van der Waals surface area contributed by atoms with E-state index in [1.54, 1.807) is 10.4 Å². The molecule has 1 aromatic rings. The topological polar surface area (TPSA) is 20.2 Å². The van der Waals surface area contributed by atoms with E-state index in [2.05, 4.69) is 12.3 Å². The number of aryl methyl sites for hydroxylation is 1. The third-order valence-corrected chi connectivity index (χ3v) is 4.00. The number of rotatable bonds is 2. The number of fused-ring (bicyclic) bond motifs is 1. The minimum absolute atomic E-state index is 0.289. The van der Waals surface area contributed by atoms with Crippen LogP contribution in [0.2, 0.25) is 0 Å². The first-order valence-electron chi connectivity index (χ1n) is 5.00. The van der Waals surface area contributed by atoms with Crippen molar-refractivity contribution in [3.8, 4) is 0 Å². The van der Waals surface area contributed by atoms with Crippen LogP contribution in [0.25, 0.3) is 0 Å². The van der Waals surface area contributed by atoms with Crippen LogP contribution in [0.4, 0.5) is 0 Å². The van der Waals surface area contributed by atoms with Gasteiger partial charge in [-0.3, -0.25) is 0 Å². The maximum absolute atomic E-state index is 8.91. The van der Waals surface area contributed by atoms with Crippen molar-refractivity contribution >= 4 is 11.3 Å². The molecule has 1 aliphatic carbocycles. The third-order valence-electron chi connectivity index (χ3n) is 2.87. The van der Waals surface area contributed by atoms with Crippen molar-refractivity contribution in [3.05, 3.63) is 21.4 Å². The molecule has 2 heteroatoms. The first kappa shape index (κ1) is 9.22. The molecule has 0 radical (unpaired) electrons. The summed E-state index contributed by atoms with van der Waals surface area (Å²) in [6, 6.07) is 0. The van der Waals surface area contributed by atoms with Crippen molar-refractivity contribution in [2.24, 2.45) is 5.92 Å². The van der Waals surface area contributed by atoms with Crippen LogP contribution in [0.1, 0.15) is 29.3 Å². The standard InChI is InChI=1S/C11H16OS/c1-8-2-3-11-10(6-8)9(4-5-12)7-13-11/h7-8,12H,2-6H2,1H3. The summed E-state index contributed by atoms with van der Waals surface area (Å²) in [5, 5.41) is 11.1. The van der Waals surface area contributed by atoms with Crippen molar-refractivity contribution in [3.63, 3.8) is 0 Å². The van der Waals surface area contributed by atoms with Gasteiger partial charge in [0.25, 0.3) is 0 Å². The highest BCUT2D eigenvalue weighted by atomic mass is 32.1. The van der Waals surface area contributed by atoms with E-state index >= 15 is 0 Å². The lowest BCUT2D eigenvalue weighted by molar-refractivity contribution is 0.299. The molecule has 0 aliphatic heterocycles. The predicted molar refractivity (Wildman–Crippen MR) is 56.3 cm³/mol. The van der Waals surface area contributed by atoms with Gasteiger partial charge in [0.05, 0.1) is 0 Å². The van der Waals surface area contributed by atoms with Crippen LogP contribution in [0.3, 0.4) is 0 Å². The maximum Gasteiger partial charge on any atom is 0.0471 e. The lowest BCUT2D eigenvalue weighted by Crippen LogP contribution is -2.10. The Morgan fingerprint density at radius 1 is 1.62 bits per heavy atom. The normalized spacial score (nSPS) is 21.5. The fourth-order valence-corrected chi connectivity index (χ4v) is 3.21. The summed E-state index contributed by atoms with van der Waals surface area (Å²) >= 11 is 1.88. The molecule has 1 N–H and O–H groups in total. The zero-order valence-corrected chi connectivity index (χ0v) is 8.86. The van der Waals surface area contributed by atoms with E-state index in [1.807, 2.05) is 11.3 Å². The Kier molecular flexibility index (Phi) is 2.70. The van der Waals surface area contributed by atoms with Gasteiger partial charge in [0.2, 0.25) is 0 Å². The summed E-state index contributed by atoms with van der Waals surface area (Å²) < 4.78 is 0. The van der Waals surface area contributed by atoms with Gasteiger partial charge in [-0.1, -0.05) is 6.92 Å². The molecule has 0 aromatic carbocycles. The molecule has 1 heterocycles. The number of aliphatic hydroxyl groups excluding tert-OH is 1. The summed E-state index contributed by atoms with van der Waals surface area (Å²) in [5.41, 5.74) is 2.95. The molecule has 0 saturated carbocycles. The molecule has 2 rings (SSSR count). The Bertz CT molecular complexity index is 290. The first-order valence-corrected chi connectivity index (χ1v) is 5.88. The van der Waals surface area contributed by atoms with E-state index in [-0.39, 0.29) is 6.61 Å². The van der Waals surface area contributed by atoms with Gasteiger partial charge in [0, 0.05) is 11.5 Å². The Morgan fingerprint density at radius 2 is 2.46 bits per heavy atom. The van der Waals surface area contributed by atoms with Gasteiger partial charge in [-0.15, -0.1) is 11.3 Å². The Labute approximate surface area is 83.4 Å². The molecule has 1 nitrogen and oxygen atoms in total. The maximum atomic E-state index is 8.91. The van der Waals surface area contributed by atoms with Crippen LogP contribution in [-0.4, -0.2) is 11.7 Å². The highest BCUT2D eigenvalue weighted by Crippen LogP contribution is 2.32. The zero-order chi connectivity index (χ0) is 9.26. The first-order chi connectivity index (χ1) is 6.31. The summed E-state index contributed by atoms with van der Waals surface area (Å²) in [6.07, 6.45) is 4.67. The second-order valence-corrected chi connectivity index (χ2v) is 4.95. The summed E-state index contributed by atoms with van der Waals surface area (Å²) in [4.78, 5) is 1.57. The van der Waals surface area contributed by atoms with Crippen molar-refractivity contribution in [1.82, 2.24) is 0 Å². The Hall–Kier alpha value is -0.340. The van der Waals surface area contributed by atoms with Gasteiger partial charge in [-0.05, 0) is 48.1 Å². The average molecular weight is 196 g/mol. The molecule has 1 atom stereocenters. The predicted octanol–water partition coefficient (Wildman–Crippen LogP) is 2.41. The molecule has 0 saturated heterocycles. The molecule has 0 amide bonds. The van der Waals surface area contributed by atoms with Crippen molar-refractivity contribution in [1.29, 1.82) is 0 Å². The van der Waals surface area contributed by atoms with Crippen LogP contribution in [-0.2, 0) is 19.3 Å². The third kappa shape index (κ3) is 1.79. The molecule has 1 aliphatic rings. The van der Waals surface area contributed by atoms with Gasteiger partial charge in [-0.2, -0.15) is 0 Å². The zero-order valence-electron chi connectivity index (χ0n) is 8.05. The van der Waals surface area contributed by atoms with Crippen molar-refractivity contribution in [2.75, 3.05) is 6.61 Å². The number of thiophene rings is 1. The van der Waals surface area contributed by atoms with Crippen LogP contribution in [0.15, 0.2) is 5.38 Å². The molecule has 72 valence electrons. The Morgan fingerprint density at radius 3 is 3.23 bits per heavy atom. The van der Waals surface area contributed by atoms with E-state index in [1.165, 1.54) is 24.8 Å². The molecule has 1 aromatic heterocycles. The van der Waals surface area contributed by atoms with Crippen LogP contribution >= 0.6 is 11.3 Å². The fraction of sp³-hybridized carbons (Fsp3) is 0.636. The van der Waals surface area contributed by atoms with Crippen molar-refractivity contribution in [2.45, 2.75) is 32.6 Å². The quantitative estimate of drug-likeness (QED) is 0.770. The van der Waals surface area contributed by atoms with Gasteiger partial charge in [0.15, 0.2) is 0 Å². The SMILES string of the molecule is CC1CCc2scc(CCO)c2C1. The van der Waals surface area contributed by atoms with Gasteiger partial charge >= 0.3 is 0 Å². The molecule has 0 bridgehead atoms. The molecule has 1 unspecified atom stereocenters.